The topological polar surface area (TPSA) is 77.8 Å². The normalized spacial score (nSPS) is 9.15. The van der Waals surface area contributed by atoms with Crippen molar-refractivity contribution in [3.63, 3.8) is 0 Å². The molecule has 0 aliphatic carbocycles. The van der Waals surface area contributed by atoms with E-state index in [9.17, 15) is 17.3 Å². The van der Waals surface area contributed by atoms with Gasteiger partial charge in [-0.3, -0.25) is 0 Å². The van der Waals surface area contributed by atoms with Crippen molar-refractivity contribution in [1.82, 2.24) is 0 Å². The molecule has 0 amide bonds. The molecule has 0 unspecified atom stereocenters. The molecule has 3 N–H and O–H groups in total. The summed E-state index contributed by atoms with van der Waals surface area (Å²) >= 11 is 0. The maximum absolute atomic E-state index is 9.75. The summed E-state index contributed by atoms with van der Waals surface area (Å²) in [5.41, 5.74) is 0. The SMILES string of the molecule is F[B-](F)(F)F.O=P(O)(O)O.[Fe].[LiH].[LiH]. The Balaban J connectivity index is -0.0000000267. The summed E-state index contributed by atoms with van der Waals surface area (Å²) in [5, 5.41) is 0. The van der Waals surface area contributed by atoms with Crippen LogP contribution >= 0.6 is 7.82 Å². The molecule has 0 atom stereocenters. The van der Waals surface area contributed by atoms with E-state index >= 15 is 0 Å². The summed E-state index contributed by atoms with van der Waals surface area (Å²) in [6, 6.07) is 0. The zero-order valence-electron chi connectivity index (χ0n) is 4.64. The predicted octanol–water partition coefficient (Wildman–Crippen LogP) is -0.928. The molecule has 76 valence electrons. The minimum absolute atomic E-state index is 0. The summed E-state index contributed by atoms with van der Waals surface area (Å²) in [4.78, 5) is 21.6. The van der Waals surface area contributed by atoms with E-state index in [4.69, 9.17) is 19.2 Å². The molecule has 13 heteroatoms. The minimum atomic E-state index is -6.00. The van der Waals surface area contributed by atoms with Gasteiger partial charge in [0, 0.05) is 17.1 Å². The van der Waals surface area contributed by atoms with E-state index < -0.39 is 15.1 Å². The van der Waals surface area contributed by atoms with Crippen LogP contribution in [0.5, 0.6) is 0 Å². The summed E-state index contributed by atoms with van der Waals surface area (Å²) < 4.78 is 47.9. The number of hydrogen-bond donors (Lipinski definition) is 3. The zero-order chi connectivity index (χ0) is 9.00. The first-order valence-electron chi connectivity index (χ1n) is 1.66. The van der Waals surface area contributed by atoms with Crippen LogP contribution in [-0.2, 0) is 21.6 Å². The Morgan fingerprint density at radius 2 is 0.923 bits per heavy atom. The van der Waals surface area contributed by atoms with Gasteiger partial charge in [-0.05, 0) is 0 Å². The fourth-order valence-corrected chi connectivity index (χ4v) is 0. The van der Waals surface area contributed by atoms with Crippen LogP contribution in [0.2, 0.25) is 0 Å². The number of phosphoric acid groups is 1. The second kappa shape index (κ2) is 11.7. The first kappa shape index (κ1) is 29.3. The second-order valence-electron chi connectivity index (χ2n) is 1.01. The van der Waals surface area contributed by atoms with Crippen molar-refractivity contribution < 1.29 is 53.6 Å². The monoisotopic (exact) mass is 257 g/mol. The molecule has 0 rings (SSSR count). The van der Waals surface area contributed by atoms with Crippen LogP contribution in [0.25, 0.3) is 0 Å². The molecule has 13 heavy (non-hydrogen) atoms. The second-order valence-corrected chi connectivity index (χ2v) is 2.03. The van der Waals surface area contributed by atoms with Crippen LogP contribution in [0.3, 0.4) is 0 Å². The van der Waals surface area contributed by atoms with Crippen molar-refractivity contribution in [1.29, 1.82) is 0 Å². The van der Waals surface area contributed by atoms with E-state index in [0.717, 1.165) is 0 Å². The molecule has 0 aromatic rings. The van der Waals surface area contributed by atoms with E-state index in [-0.39, 0.29) is 54.8 Å². The van der Waals surface area contributed by atoms with Crippen molar-refractivity contribution in [2.45, 2.75) is 0 Å². The van der Waals surface area contributed by atoms with Crippen molar-refractivity contribution in [2.24, 2.45) is 0 Å². The van der Waals surface area contributed by atoms with Crippen LogP contribution in [0, 0.1) is 0 Å². The van der Waals surface area contributed by atoms with Crippen LogP contribution in [0.15, 0.2) is 0 Å². The van der Waals surface area contributed by atoms with E-state index in [1.54, 1.807) is 0 Å². The Hall–Kier alpha value is 1.61. The molecule has 0 heterocycles. The van der Waals surface area contributed by atoms with Crippen molar-refractivity contribution in [2.75, 3.05) is 0 Å². The molecule has 0 saturated carbocycles. The van der Waals surface area contributed by atoms with Gasteiger partial charge >= 0.3 is 52.8 Å². The van der Waals surface area contributed by atoms with E-state index in [1.807, 2.05) is 0 Å². The molecule has 0 aromatic carbocycles. The van der Waals surface area contributed by atoms with Crippen LogP contribution in [0.4, 0.5) is 17.3 Å². The third-order valence-corrected chi connectivity index (χ3v) is 0. The molecular weight excluding hydrogens is 252 g/mol. The van der Waals surface area contributed by atoms with Gasteiger partial charge in [0.15, 0.2) is 0 Å². The van der Waals surface area contributed by atoms with Gasteiger partial charge in [0.1, 0.15) is 0 Å². The summed E-state index contributed by atoms with van der Waals surface area (Å²) in [5.74, 6) is 0. The van der Waals surface area contributed by atoms with Gasteiger partial charge in [-0.2, -0.15) is 0 Å². The van der Waals surface area contributed by atoms with Crippen molar-refractivity contribution in [3.8, 4) is 0 Å². The molecule has 0 saturated heterocycles. The fourth-order valence-electron chi connectivity index (χ4n) is 0. The Morgan fingerprint density at radius 1 is 0.923 bits per heavy atom. The Bertz CT molecular complexity index is 122. The standard InChI is InChI=1S/BF4.Fe.2Li.H3O4P.2H/c2-1(3,4)5;;;;1-5(2,3)4;;/h;;;;(H3,1,2,3,4);;/q-1;;;;;;. The Kier molecular flexibility index (Phi) is 26.3. The van der Waals surface area contributed by atoms with Crippen LogP contribution < -0.4 is 0 Å². The maximum atomic E-state index is 9.75. The van der Waals surface area contributed by atoms with Gasteiger partial charge in [-0.1, -0.05) is 0 Å². The molecule has 0 aliphatic heterocycles. The first-order valence-corrected chi connectivity index (χ1v) is 3.22. The van der Waals surface area contributed by atoms with Crippen molar-refractivity contribution in [3.05, 3.63) is 0 Å². The van der Waals surface area contributed by atoms with E-state index in [0.29, 0.717) is 0 Å². The summed E-state index contributed by atoms with van der Waals surface area (Å²) in [6.07, 6.45) is 0. The van der Waals surface area contributed by atoms with Gasteiger partial charge in [-0.25, -0.2) is 4.57 Å². The van der Waals surface area contributed by atoms with Gasteiger partial charge in [-0.15, -0.1) is 0 Å². The van der Waals surface area contributed by atoms with E-state index in [2.05, 4.69) is 0 Å². The van der Waals surface area contributed by atoms with Crippen molar-refractivity contribution >= 4 is 52.8 Å². The first-order chi connectivity index (χ1) is 4.00. The average molecular weight is 257 g/mol. The Labute approximate surface area is 106 Å². The van der Waals surface area contributed by atoms with Gasteiger partial charge in [0.05, 0.1) is 0 Å². The number of hydrogen-bond acceptors (Lipinski definition) is 1. The van der Waals surface area contributed by atoms with E-state index in [1.165, 1.54) is 0 Å². The van der Waals surface area contributed by atoms with Crippen LogP contribution in [-0.4, -0.2) is 59.7 Å². The fraction of sp³-hybridized carbons (Fsp3) is 0. The third kappa shape index (κ3) is 708. The molecule has 0 fully saturated rings. The molecular formula is H5BF4FeLi2O4P-. The zero-order valence-corrected chi connectivity index (χ0v) is 6.64. The third-order valence-electron chi connectivity index (χ3n) is 0. The number of halogens is 4. The predicted molar refractivity (Wildman–Crippen MR) is 38.7 cm³/mol. The number of rotatable bonds is 0. The summed E-state index contributed by atoms with van der Waals surface area (Å²) in [7, 11) is -10.6. The molecule has 0 spiro atoms. The molecule has 0 aliphatic rings. The van der Waals surface area contributed by atoms with Crippen LogP contribution in [0.1, 0.15) is 0 Å². The average Bonchev–Trinajstić information content (AvgIpc) is 1.12. The van der Waals surface area contributed by atoms with Gasteiger partial charge in [0.25, 0.3) is 0 Å². The van der Waals surface area contributed by atoms with Gasteiger partial charge < -0.3 is 31.9 Å². The van der Waals surface area contributed by atoms with Gasteiger partial charge in [0.2, 0.25) is 0 Å². The molecule has 0 aromatic heterocycles. The Morgan fingerprint density at radius 3 is 0.923 bits per heavy atom. The molecule has 0 radical (unpaired) electrons. The molecule has 0 bridgehead atoms. The quantitative estimate of drug-likeness (QED) is 0.297. The summed E-state index contributed by atoms with van der Waals surface area (Å²) in [6.45, 7) is 0. The molecule has 4 nitrogen and oxygen atoms in total.